The molecular weight excluding hydrogens is 227 g/mol. The fraction of sp³-hybridized carbons (Fsp3) is 0.600. The van der Waals surface area contributed by atoms with Crippen LogP contribution in [0.1, 0.15) is 32.3 Å². The maximum atomic E-state index is 13.6. The van der Waals surface area contributed by atoms with Crippen molar-refractivity contribution in [1.29, 1.82) is 0 Å². The SMILES string of the molecule is CCCNCC(CC)N(C)Cc1ccccc1F. The minimum absolute atomic E-state index is 0.110. The van der Waals surface area contributed by atoms with E-state index in [1.807, 2.05) is 12.1 Å². The van der Waals surface area contributed by atoms with E-state index in [0.29, 0.717) is 12.6 Å². The number of nitrogens with one attached hydrogen (secondary N) is 1. The van der Waals surface area contributed by atoms with E-state index in [1.165, 1.54) is 6.07 Å². The second kappa shape index (κ2) is 8.22. The number of rotatable bonds is 8. The van der Waals surface area contributed by atoms with Crippen molar-refractivity contribution in [2.75, 3.05) is 20.1 Å². The minimum Gasteiger partial charge on any atom is -0.315 e. The van der Waals surface area contributed by atoms with Gasteiger partial charge in [0.15, 0.2) is 0 Å². The molecule has 1 aromatic carbocycles. The Hall–Kier alpha value is -0.930. The van der Waals surface area contributed by atoms with Gasteiger partial charge in [-0.3, -0.25) is 4.90 Å². The van der Waals surface area contributed by atoms with Gasteiger partial charge in [0.2, 0.25) is 0 Å². The van der Waals surface area contributed by atoms with Crippen LogP contribution in [0.2, 0.25) is 0 Å². The van der Waals surface area contributed by atoms with Crippen LogP contribution in [0.5, 0.6) is 0 Å². The molecule has 1 unspecified atom stereocenters. The molecule has 0 aliphatic rings. The lowest BCUT2D eigenvalue weighted by molar-refractivity contribution is 0.219. The molecule has 1 rings (SSSR count). The average Bonchev–Trinajstić information content (AvgIpc) is 2.37. The topological polar surface area (TPSA) is 15.3 Å². The zero-order chi connectivity index (χ0) is 13.4. The molecule has 2 nitrogen and oxygen atoms in total. The second-order valence-electron chi connectivity index (χ2n) is 4.77. The third-order valence-electron chi connectivity index (χ3n) is 3.28. The van der Waals surface area contributed by atoms with Crippen LogP contribution in [0.4, 0.5) is 4.39 Å². The third-order valence-corrected chi connectivity index (χ3v) is 3.28. The van der Waals surface area contributed by atoms with Gasteiger partial charge in [0, 0.05) is 24.7 Å². The van der Waals surface area contributed by atoms with Gasteiger partial charge in [-0.15, -0.1) is 0 Å². The molecule has 0 bridgehead atoms. The van der Waals surface area contributed by atoms with Gasteiger partial charge in [-0.2, -0.15) is 0 Å². The van der Waals surface area contributed by atoms with E-state index in [-0.39, 0.29) is 5.82 Å². The minimum atomic E-state index is -0.110. The lowest BCUT2D eigenvalue weighted by Crippen LogP contribution is -2.39. The summed E-state index contributed by atoms with van der Waals surface area (Å²) < 4.78 is 13.6. The van der Waals surface area contributed by atoms with Crippen molar-refractivity contribution in [3.05, 3.63) is 35.6 Å². The predicted molar refractivity (Wildman–Crippen MR) is 75.1 cm³/mol. The normalized spacial score (nSPS) is 12.9. The summed E-state index contributed by atoms with van der Waals surface area (Å²) >= 11 is 0. The molecule has 0 aromatic heterocycles. The van der Waals surface area contributed by atoms with Crippen molar-refractivity contribution >= 4 is 0 Å². The molecule has 0 saturated heterocycles. The van der Waals surface area contributed by atoms with E-state index in [1.54, 1.807) is 6.07 Å². The maximum Gasteiger partial charge on any atom is 0.127 e. The highest BCUT2D eigenvalue weighted by Gasteiger charge is 2.13. The van der Waals surface area contributed by atoms with Crippen molar-refractivity contribution in [1.82, 2.24) is 10.2 Å². The molecule has 1 atom stereocenters. The van der Waals surface area contributed by atoms with Crippen LogP contribution in [-0.4, -0.2) is 31.1 Å². The number of hydrogen-bond donors (Lipinski definition) is 1. The smallest absolute Gasteiger partial charge is 0.127 e. The monoisotopic (exact) mass is 252 g/mol. The summed E-state index contributed by atoms with van der Waals surface area (Å²) in [5, 5.41) is 3.43. The number of hydrogen-bond acceptors (Lipinski definition) is 2. The highest BCUT2D eigenvalue weighted by Crippen LogP contribution is 2.11. The predicted octanol–water partition coefficient (Wildman–Crippen LogP) is 3.04. The Kier molecular flexibility index (Phi) is 6.91. The van der Waals surface area contributed by atoms with Crippen LogP contribution in [0.25, 0.3) is 0 Å². The van der Waals surface area contributed by atoms with Gasteiger partial charge in [0.25, 0.3) is 0 Å². The fourth-order valence-corrected chi connectivity index (χ4v) is 2.08. The number of halogens is 1. The van der Waals surface area contributed by atoms with Crippen molar-refractivity contribution < 1.29 is 4.39 Å². The Balaban J connectivity index is 2.51. The van der Waals surface area contributed by atoms with Crippen LogP contribution in [0.15, 0.2) is 24.3 Å². The Labute approximate surface area is 110 Å². The quantitative estimate of drug-likeness (QED) is 0.715. The van der Waals surface area contributed by atoms with Crippen molar-refractivity contribution in [3.63, 3.8) is 0 Å². The van der Waals surface area contributed by atoms with Crippen molar-refractivity contribution in [2.24, 2.45) is 0 Å². The molecule has 1 aromatic rings. The Bertz CT molecular complexity index is 341. The van der Waals surface area contributed by atoms with Gasteiger partial charge in [-0.25, -0.2) is 4.39 Å². The molecule has 0 radical (unpaired) electrons. The Morgan fingerprint density at radius 1 is 1.28 bits per heavy atom. The molecule has 0 amide bonds. The van der Waals surface area contributed by atoms with Gasteiger partial charge < -0.3 is 5.32 Å². The number of likely N-dealkylation sites (N-methyl/N-ethyl adjacent to an activating group) is 1. The summed E-state index contributed by atoms with van der Waals surface area (Å²) in [6.45, 7) is 7.02. The summed E-state index contributed by atoms with van der Waals surface area (Å²) in [5.74, 6) is -0.110. The van der Waals surface area contributed by atoms with Gasteiger partial charge in [-0.1, -0.05) is 32.0 Å². The van der Waals surface area contributed by atoms with E-state index in [2.05, 4.69) is 31.1 Å². The molecule has 1 N–H and O–H groups in total. The molecule has 18 heavy (non-hydrogen) atoms. The van der Waals surface area contributed by atoms with Crippen molar-refractivity contribution in [3.8, 4) is 0 Å². The second-order valence-corrected chi connectivity index (χ2v) is 4.77. The average molecular weight is 252 g/mol. The molecule has 0 heterocycles. The van der Waals surface area contributed by atoms with Crippen LogP contribution < -0.4 is 5.32 Å². The third kappa shape index (κ3) is 4.75. The van der Waals surface area contributed by atoms with Gasteiger partial charge >= 0.3 is 0 Å². The largest absolute Gasteiger partial charge is 0.315 e. The summed E-state index contributed by atoms with van der Waals surface area (Å²) in [6, 6.07) is 7.47. The van der Waals surface area contributed by atoms with E-state index in [4.69, 9.17) is 0 Å². The van der Waals surface area contributed by atoms with E-state index < -0.39 is 0 Å². The number of nitrogens with zero attached hydrogens (tertiary/aromatic N) is 1. The van der Waals surface area contributed by atoms with Crippen molar-refractivity contribution in [2.45, 2.75) is 39.3 Å². The highest BCUT2D eigenvalue weighted by molar-refractivity contribution is 5.17. The zero-order valence-electron chi connectivity index (χ0n) is 11.7. The lowest BCUT2D eigenvalue weighted by Gasteiger charge is -2.27. The zero-order valence-corrected chi connectivity index (χ0v) is 11.7. The molecule has 0 fully saturated rings. The van der Waals surface area contributed by atoms with Gasteiger partial charge in [-0.05, 0) is 32.5 Å². The highest BCUT2D eigenvalue weighted by atomic mass is 19.1. The van der Waals surface area contributed by atoms with E-state index >= 15 is 0 Å². The Morgan fingerprint density at radius 2 is 2.00 bits per heavy atom. The van der Waals surface area contributed by atoms with Gasteiger partial charge in [0.05, 0.1) is 0 Å². The molecule has 0 spiro atoms. The molecule has 0 saturated carbocycles. The molecular formula is C15H25FN2. The fourth-order valence-electron chi connectivity index (χ4n) is 2.08. The maximum absolute atomic E-state index is 13.6. The molecule has 102 valence electrons. The van der Waals surface area contributed by atoms with E-state index in [0.717, 1.165) is 31.5 Å². The number of benzene rings is 1. The first kappa shape index (κ1) is 15.1. The summed E-state index contributed by atoms with van der Waals surface area (Å²) in [7, 11) is 2.06. The van der Waals surface area contributed by atoms with Crippen LogP contribution in [0, 0.1) is 5.82 Å². The van der Waals surface area contributed by atoms with Gasteiger partial charge in [0.1, 0.15) is 5.82 Å². The van der Waals surface area contributed by atoms with Crippen LogP contribution >= 0.6 is 0 Å². The summed E-state index contributed by atoms with van der Waals surface area (Å²) in [4.78, 5) is 2.22. The van der Waals surface area contributed by atoms with E-state index in [9.17, 15) is 4.39 Å². The summed E-state index contributed by atoms with van der Waals surface area (Å²) in [6.07, 6.45) is 2.22. The standard InChI is InChI=1S/C15H25FN2/c1-4-10-17-11-14(5-2)18(3)12-13-8-6-7-9-15(13)16/h6-9,14,17H,4-5,10-12H2,1-3H3. The molecule has 3 heteroatoms. The first-order chi connectivity index (χ1) is 8.69. The molecule has 0 aliphatic carbocycles. The van der Waals surface area contributed by atoms with Crippen LogP contribution in [0.3, 0.4) is 0 Å². The van der Waals surface area contributed by atoms with Crippen LogP contribution in [-0.2, 0) is 6.54 Å². The first-order valence-electron chi connectivity index (χ1n) is 6.83. The lowest BCUT2D eigenvalue weighted by atomic mass is 10.1. The molecule has 0 aliphatic heterocycles. The first-order valence-corrected chi connectivity index (χ1v) is 6.83. The Morgan fingerprint density at radius 3 is 2.61 bits per heavy atom. The summed E-state index contributed by atoms with van der Waals surface area (Å²) in [5.41, 5.74) is 0.772.